The van der Waals surface area contributed by atoms with E-state index < -0.39 is 11.3 Å². The van der Waals surface area contributed by atoms with Crippen LogP contribution in [0.15, 0.2) is 0 Å². The molecule has 5 heteroatoms. The molecule has 0 saturated carbocycles. The van der Waals surface area contributed by atoms with Gasteiger partial charge in [0.2, 0.25) is 11.3 Å². The lowest BCUT2D eigenvalue weighted by Crippen LogP contribution is -2.28. The van der Waals surface area contributed by atoms with Gasteiger partial charge in [-0.05, 0) is 0 Å². The minimum absolute atomic E-state index is 0.204. The molecule has 0 radical (unpaired) electrons. The van der Waals surface area contributed by atoms with Crippen LogP contribution in [0.5, 0.6) is 0 Å². The predicted molar refractivity (Wildman–Crippen MR) is 37.3 cm³/mol. The number of hydrogen-bond acceptors (Lipinski definition) is 3. The minimum atomic E-state index is -1.19. The van der Waals surface area contributed by atoms with Crippen molar-refractivity contribution in [3.05, 3.63) is 0 Å². The Labute approximate surface area is 60.3 Å². The maximum absolute atomic E-state index is 10.6. The standard InChI is InChI=1S/C4H7NO2S2/c6-9-5-3-1-8-2-4(3)7-9/h3-5H,1-2H2. The Hall–Kier alpha value is 0.420. The average Bonchev–Trinajstić information content (AvgIpc) is 2.22. The Morgan fingerprint density at radius 2 is 2.56 bits per heavy atom. The summed E-state index contributed by atoms with van der Waals surface area (Å²) in [5, 5.41) is 0. The van der Waals surface area contributed by atoms with Gasteiger partial charge in [-0.2, -0.15) is 11.8 Å². The van der Waals surface area contributed by atoms with Crippen molar-refractivity contribution in [2.45, 2.75) is 12.1 Å². The van der Waals surface area contributed by atoms with Crippen molar-refractivity contribution in [2.24, 2.45) is 0 Å². The fourth-order valence-electron chi connectivity index (χ4n) is 1.00. The van der Waals surface area contributed by atoms with E-state index in [2.05, 4.69) is 4.72 Å². The largest absolute Gasteiger partial charge is 0.272 e. The molecule has 0 bridgehead atoms. The molecular weight excluding hydrogens is 158 g/mol. The Morgan fingerprint density at radius 3 is 3.33 bits per heavy atom. The predicted octanol–water partition coefficient (Wildman–Crippen LogP) is -0.331. The molecule has 1 N–H and O–H groups in total. The van der Waals surface area contributed by atoms with Gasteiger partial charge in [-0.25, -0.2) is 8.93 Å². The smallest absolute Gasteiger partial charge is 0.235 e. The lowest BCUT2D eigenvalue weighted by Gasteiger charge is -1.99. The van der Waals surface area contributed by atoms with Crippen LogP contribution in [0.25, 0.3) is 0 Å². The molecular formula is C4H7NO2S2. The van der Waals surface area contributed by atoms with Crippen molar-refractivity contribution in [1.29, 1.82) is 0 Å². The van der Waals surface area contributed by atoms with Crippen LogP contribution < -0.4 is 4.72 Å². The maximum atomic E-state index is 10.6. The van der Waals surface area contributed by atoms with Crippen LogP contribution in [0, 0.1) is 0 Å². The molecule has 0 amide bonds. The normalized spacial score (nSPS) is 49.6. The maximum Gasteiger partial charge on any atom is 0.235 e. The van der Waals surface area contributed by atoms with Crippen LogP contribution in [-0.2, 0) is 15.4 Å². The first-order valence-corrected chi connectivity index (χ1v) is 5.02. The van der Waals surface area contributed by atoms with Gasteiger partial charge < -0.3 is 0 Å². The van der Waals surface area contributed by atoms with Crippen molar-refractivity contribution in [3.63, 3.8) is 0 Å². The van der Waals surface area contributed by atoms with Crippen LogP contribution in [0.4, 0.5) is 0 Å². The third-order valence-electron chi connectivity index (χ3n) is 1.49. The summed E-state index contributed by atoms with van der Waals surface area (Å²) in [5.41, 5.74) is 0. The van der Waals surface area contributed by atoms with E-state index in [1.807, 2.05) is 11.8 Å². The summed E-state index contributed by atoms with van der Waals surface area (Å²) in [6.45, 7) is 0. The van der Waals surface area contributed by atoms with Crippen molar-refractivity contribution in [3.8, 4) is 0 Å². The van der Waals surface area contributed by atoms with E-state index in [1.165, 1.54) is 0 Å². The van der Waals surface area contributed by atoms with Crippen molar-refractivity contribution >= 4 is 23.0 Å². The molecule has 2 saturated heterocycles. The van der Waals surface area contributed by atoms with Crippen LogP contribution in [0.3, 0.4) is 0 Å². The van der Waals surface area contributed by atoms with Gasteiger partial charge in [0.1, 0.15) is 6.10 Å². The van der Waals surface area contributed by atoms with Crippen molar-refractivity contribution in [1.82, 2.24) is 4.72 Å². The number of nitrogens with one attached hydrogen (secondary N) is 1. The Morgan fingerprint density at radius 1 is 1.67 bits per heavy atom. The first kappa shape index (κ1) is 6.15. The summed E-state index contributed by atoms with van der Waals surface area (Å²) in [6.07, 6.45) is 0.204. The zero-order valence-electron chi connectivity index (χ0n) is 4.70. The third-order valence-corrected chi connectivity index (χ3v) is 3.56. The monoisotopic (exact) mass is 165 g/mol. The molecule has 2 aliphatic rings. The Kier molecular flexibility index (Phi) is 1.52. The first-order valence-electron chi connectivity index (χ1n) is 2.79. The van der Waals surface area contributed by atoms with E-state index in [9.17, 15) is 4.21 Å². The highest BCUT2D eigenvalue weighted by atomic mass is 32.2. The molecule has 3 nitrogen and oxygen atoms in total. The van der Waals surface area contributed by atoms with Gasteiger partial charge in [0.25, 0.3) is 0 Å². The molecule has 3 unspecified atom stereocenters. The van der Waals surface area contributed by atoms with Gasteiger partial charge in [0.15, 0.2) is 0 Å². The number of thioether (sulfide) groups is 1. The molecule has 2 aliphatic heterocycles. The minimum Gasteiger partial charge on any atom is -0.272 e. The van der Waals surface area contributed by atoms with E-state index >= 15 is 0 Å². The molecule has 2 rings (SSSR count). The van der Waals surface area contributed by atoms with E-state index in [4.69, 9.17) is 4.18 Å². The zero-order valence-corrected chi connectivity index (χ0v) is 6.33. The molecule has 3 atom stereocenters. The summed E-state index contributed by atoms with van der Waals surface area (Å²) >= 11 is 0.651. The lowest BCUT2D eigenvalue weighted by molar-refractivity contribution is 0.268. The topological polar surface area (TPSA) is 38.3 Å². The first-order chi connectivity index (χ1) is 4.36. The summed E-state index contributed by atoms with van der Waals surface area (Å²) in [4.78, 5) is 0. The zero-order chi connectivity index (χ0) is 6.27. The van der Waals surface area contributed by atoms with E-state index in [0.29, 0.717) is 6.04 Å². The molecule has 0 aliphatic carbocycles. The second-order valence-electron chi connectivity index (χ2n) is 2.13. The van der Waals surface area contributed by atoms with Crippen molar-refractivity contribution < 1.29 is 8.39 Å². The summed E-state index contributed by atoms with van der Waals surface area (Å²) < 4.78 is 18.5. The SMILES string of the molecule is O=S1NC2CSCC2O1. The summed E-state index contributed by atoms with van der Waals surface area (Å²) in [7, 11) is 0. The fourth-order valence-corrected chi connectivity index (χ4v) is 3.38. The Balaban J connectivity index is 2.09. The van der Waals surface area contributed by atoms with E-state index in [0.717, 1.165) is 11.5 Å². The highest BCUT2D eigenvalue weighted by Crippen LogP contribution is 2.25. The van der Waals surface area contributed by atoms with Crippen LogP contribution in [0.2, 0.25) is 0 Å². The fraction of sp³-hybridized carbons (Fsp3) is 1.00. The molecule has 9 heavy (non-hydrogen) atoms. The summed E-state index contributed by atoms with van der Waals surface area (Å²) in [5.74, 6) is 2.03. The summed E-state index contributed by atoms with van der Waals surface area (Å²) in [6, 6.07) is 0.343. The highest BCUT2D eigenvalue weighted by Gasteiger charge is 2.37. The number of fused-ring (bicyclic) bond motifs is 1. The lowest BCUT2D eigenvalue weighted by atomic mass is 10.2. The van der Waals surface area contributed by atoms with Crippen LogP contribution >= 0.6 is 11.8 Å². The van der Waals surface area contributed by atoms with Crippen molar-refractivity contribution in [2.75, 3.05) is 11.5 Å². The molecule has 0 aromatic heterocycles. The number of rotatable bonds is 0. The molecule has 0 spiro atoms. The van der Waals surface area contributed by atoms with Gasteiger partial charge in [-0.3, -0.25) is 4.18 Å². The van der Waals surface area contributed by atoms with Gasteiger partial charge in [-0.1, -0.05) is 0 Å². The van der Waals surface area contributed by atoms with Gasteiger partial charge >= 0.3 is 0 Å². The van der Waals surface area contributed by atoms with Gasteiger partial charge in [-0.15, -0.1) is 0 Å². The van der Waals surface area contributed by atoms with E-state index in [1.54, 1.807) is 0 Å². The number of hydrogen-bond donors (Lipinski definition) is 1. The van der Waals surface area contributed by atoms with Gasteiger partial charge in [0.05, 0.1) is 6.04 Å². The van der Waals surface area contributed by atoms with Crippen LogP contribution in [-0.4, -0.2) is 27.9 Å². The Bertz CT molecular complexity index is 138. The van der Waals surface area contributed by atoms with Gasteiger partial charge in [0, 0.05) is 11.5 Å². The van der Waals surface area contributed by atoms with E-state index in [-0.39, 0.29) is 6.10 Å². The third kappa shape index (κ3) is 1.02. The molecule has 2 heterocycles. The molecule has 2 fully saturated rings. The second-order valence-corrected chi connectivity index (χ2v) is 4.10. The average molecular weight is 165 g/mol. The highest BCUT2D eigenvalue weighted by molar-refractivity contribution is 7.99. The quantitative estimate of drug-likeness (QED) is 0.534. The van der Waals surface area contributed by atoms with Crippen LogP contribution in [0.1, 0.15) is 0 Å². The molecule has 52 valence electrons. The second kappa shape index (κ2) is 2.23. The molecule has 0 aromatic carbocycles. The molecule has 0 aromatic rings.